The molecule has 0 aromatic carbocycles. The summed E-state index contributed by atoms with van der Waals surface area (Å²) in [4.78, 5) is 19.0. The number of piperidine rings is 1. The summed E-state index contributed by atoms with van der Waals surface area (Å²) in [6.45, 7) is 9.96. The number of carbonyl (C=O) groups is 1. The van der Waals surface area contributed by atoms with Gasteiger partial charge in [-0.25, -0.2) is 0 Å². The van der Waals surface area contributed by atoms with Gasteiger partial charge in [-0.3, -0.25) is 9.78 Å². The lowest BCUT2D eigenvalue weighted by atomic mass is 9.46. The second-order valence-corrected chi connectivity index (χ2v) is 10.9. The molecule has 3 fully saturated rings. The Hall–Kier alpha value is -1.64. The Bertz CT molecular complexity index is 860. The van der Waals surface area contributed by atoms with Crippen molar-refractivity contribution < 1.29 is 4.79 Å². The Labute approximate surface area is 176 Å². The minimum absolute atomic E-state index is 0.286. The van der Waals surface area contributed by atoms with Crippen molar-refractivity contribution >= 4 is 11.5 Å². The number of allylic oxidation sites excluding steroid dienone is 2. The molecule has 5 rings (SSSR count). The van der Waals surface area contributed by atoms with Gasteiger partial charge in [-0.15, -0.1) is 0 Å². The monoisotopic (exact) mass is 392 g/mol. The molecule has 1 aromatic rings. The Morgan fingerprint density at radius 2 is 1.97 bits per heavy atom. The minimum atomic E-state index is 0.286. The van der Waals surface area contributed by atoms with Crippen LogP contribution in [0.25, 0.3) is 5.57 Å². The standard InChI is InChI=1S/C26H36N2O/c1-17-14-19(16-27-15-17)21-7-8-22-20-6-9-24-26(4,11-5-13-28(24)18(2)29)23(20)10-12-25(21,22)3/h7,14-16,20,22-24H,5-6,8-13H2,1-4H3/t20-,22-,23-,24?,25+,26+/m0/s1. The van der Waals surface area contributed by atoms with E-state index in [0.29, 0.717) is 11.5 Å². The number of nitrogens with zero attached hydrogens (tertiary/aromatic N) is 2. The number of aromatic nitrogens is 1. The first-order valence-electron chi connectivity index (χ1n) is 11.7. The van der Waals surface area contributed by atoms with Gasteiger partial charge in [0.05, 0.1) is 0 Å². The van der Waals surface area contributed by atoms with Gasteiger partial charge in [0.15, 0.2) is 0 Å². The van der Waals surface area contributed by atoms with E-state index in [1.54, 1.807) is 12.5 Å². The molecule has 29 heavy (non-hydrogen) atoms. The number of hydrogen-bond acceptors (Lipinski definition) is 2. The second kappa shape index (κ2) is 6.68. The first kappa shape index (κ1) is 19.3. The lowest BCUT2D eigenvalue weighted by molar-refractivity contribution is -0.151. The van der Waals surface area contributed by atoms with E-state index in [1.165, 1.54) is 56.1 Å². The Morgan fingerprint density at radius 1 is 1.14 bits per heavy atom. The van der Waals surface area contributed by atoms with Crippen LogP contribution in [-0.2, 0) is 4.79 Å². The maximum atomic E-state index is 12.3. The molecule has 0 N–H and O–H groups in total. The summed E-state index contributed by atoms with van der Waals surface area (Å²) < 4.78 is 0. The van der Waals surface area contributed by atoms with Crippen LogP contribution in [0.4, 0.5) is 0 Å². The predicted octanol–water partition coefficient (Wildman–Crippen LogP) is 5.64. The van der Waals surface area contributed by atoms with Crippen LogP contribution in [-0.4, -0.2) is 28.4 Å². The van der Waals surface area contributed by atoms with Gasteiger partial charge in [0, 0.05) is 31.9 Å². The highest BCUT2D eigenvalue weighted by molar-refractivity contribution is 5.74. The SMILES string of the molecule is CC(=O)N1CCC[C@@]2(C)C1CC[C@@H]1[C@@H]2CC[C@]2(C)C(c3cncc(C)c3)=CC[C@@H]12. The zero-order chi connectivity index (χ0) is 20.4. The summed E-state index contributed by atoms with van der Waals surface area (Å²) in [6, 6.07) is 2.79. The molecule has 1 aromatic heterocycles. The topological polar surface area (TPSA) is 33.2 Å². The van der Waals surface area contributed by atoms with Crippen LogP contribution >= 0.6 is 0 Å². The quantitative estimate of drug-likeness (QED) is 0.620. The number of amides is 1. The van der Waals surface area contributed by atoms with E-state index < -0.39 is 0 Å². The molecule has 0 bridgehead atoms. The van der Waals surface area contributed by atoms with Gasteiger partial charge in [0.2, 0.25) is 5.91 Å². The molecule has 3 aliphatic carbocycles. The van der Waals surface area contributed by atoms with E-state index in [1.807, 2.05) is 6.20 Å². The van der Waals surface area contributed by atoms with Gasteiger partial charge in [-0.1, -0.05) is 19.9 Å². The van der Waals surface area contributed by atoms with Crippen LogP contribution in [0.5, 0.6) is 0 Å². The third-order valence-electron chi connectivity index (χ3n) is 9.48. The van der Waals surface area contributed by atoms with E-state index in [0.717, 1.165) is 24.3 Å². The molecule has 1 amide bonds. The normalized spacial score (nSPS) is 41.2. The molecule has 3 heteroatoms. The molecule has 0 radical (unpaired) electrons. The van der Waals surface area contributed by atoms with Crippen molar-refractivity contribution in [3.8, 4) is 0 Å². The Balaban J connectivity index is 1.45. The number of hydrogen-bond donors (Lipinski definition) is 0. The number of pyridine rings is 1. The van der Waals surface area contributed by atoms with Crippen molar-refractivity contribution in [1.29, 1.82) is 0 Å². The highest BCUT2D eigenvalue weighted by Gasteiger charge is 2.59. The van der Waals surface area contributed by atoms with E-state index in [2.05, 4.69) is 49.0 Å². The lowest BCUT2D eigenvalue weighted by Gasteiger charge is -2.62. The molecule has 2 heterocycles. The van der Waals surface area contributed by atoms with Gasteiger partial charge >= 0.3 is 0 Å². The van der Waals surface area contributed by atoms with Gasteiger partial charge in [0.25, 0.3) is 0 Å². The fourth-order valence-corrected chi connectivity index (χ4v) is 8.18. The highest BCUT2D eigenvalue weighted by Crippen LogP contribution is 2.66. The van der Waals surface area contributed by atoms with E-state index in [9.17, 15) is 4.79 Å². The number of aryl methyl sites for hydroxylation is 1. The molecule has 3 nitrogen and oxygen atoms in total. The van der Waals surface area contributed by atoms with Crippen LogP contribution in [0.3, 0.4) is 0 Å². The van der Waals surface area contributed by atoms with Crippen LogP contribution in [0, 0.1) is 35.5 Å². The van der Waals surface area contributed by atoms with Gasteiger partial charge < -0.3 is 4.90 Å². The summed E-state index contributed by atoms with van der Waals surface area (Å²) in [5.41, 5.74) is 4.74. The molecule has 156 valence electrons. The van der Waals surface area contributed by atoms with Crippen LogP contribution < -0.4 is 0 Å². The first-order valence-corrected chi connectivity index (χ1v) is 11.7. The second-order valence-electron chi connectivity index (χ2n) is 10.9. The van der Waals surface area contributed by atoms with Crippen molar-refractivity contribution in [1.82, 2.24) is 9.88 Å². The summed E-state index contributed by atoms with van der Waals surface area (Å²) in [7, 11) is 0. The average molecular weight is 393 g/mol. The number of rotatable bonds is 1. The number of fused-ring (bicyclic) bond motifs is 5. The van der Waals surface area contributed by atoms with Crippen LogP contribution in [0.15, 0.2) is 24.5 Å². The number of likely N-dealkylation sites (tertiary alicyclic amines) is 1. The predicted molar refractivity (Wildman–Crippen MR) is 117 cm³/mol. The van der Waals surface area contributed by atoms with E-state index >= 15 is 0 Å². The highest BCUT2D eigenvalue weighted by atomic mass is 16.2. The van der Waals surface area contributed by atoms with Crippen molar-refractivity contribution in [2.45, 2.75) is 78.7 Å². The van der Waals surface area contributed by atoms with Crippen LogP contribution in [0.1, 0.15) is 76.8 Å². The summed E-state index contributed by atoms with van der Waals surface area (Å²) in [5.74, 6) is 2.61. The molecule has 6 atom stereocenters. The smallest absolute Gasteiger partial charge is 0.219 e. The molecule has 4 aliphatic rings. The van der Waals surface area contributed by atoms with Crippen molar-refractivity contribution in [2.75, 3.05) is 6.54 Å². The van der Waals surface area contributed by atoms with E-state index in [4.69, 9.17) is 0 Å². The van der Waals surface area contributed by atoms with Crippen LogP contribution in [0.2, 0.25) is 0 Å². The molecule has 2 saturated carbocycles. The molecule has 0 spiro atoms. The number of carbonyl (C=O) groups excluding carboxylic acids is 1. The molecule has 1 saturated heterocycles. The molecule has 1 aliphatic heterocycles. The van der Waals surface area contributed by atoms with Crippen molar-refractivity contribution in [3.63, 3.8) is 0 Å². The largest absolute Gasteiger partial charge is 0.339 e. The fourth-order valence-electron chi connectivity index (χ4n) is 8.18. The average Bonchev–Trinajstić information content (AvgIpc) is 3.04. The maximum absolute atomic E-state index is 12.3. The molecule has 1 unspecified atom stereocenters. The maximum Gasteiger partial charge on any atom is 0.219 e. The first-order chi connectivity index (χ1) is 13.8. The van der Waals surface area contributed by atoms with Crippen molar-refractivity contribution in [2.24, 2.45) is 28.6 Å². The summed E-state index contributed by atoms with van der Waals surface area (Å²) in [5, 5.41) is 0. The Kier molecular flexibility index (Phi) is 4.46. The third kappa shape index (κ3) is 2.75. The Morgan fingerprint density at radius 3 is 2.72 bits per heavy atom. The molecular formula is C26H36N2O. The third-order valence-corrected chi connectivity index (χ3v) is 9.48. The zero-order valence-corrected chi connectivity index (χ0v) is 18.6. The summed E-state index contributed by atoms with van der Waals surface area (Å²) >= 11 is 0. The minimum Gasteiger partial charge on any atom is -0.339 e. The van der Waals surface area contributed by atoms with Crippen molar-refractivity contribution in [3.05, 3.63) is 35.7 Å². The van der Waals surface area contributed by atoms with Gasteiger partial charge in [-0.2, -0.15) is 0 Å². The zero-order valence-electron chi connectivity index (χ0n) is 18.6. The molecular weight excluding hydrogens is 356 g/mol. The van der Waals surface area contributed by atoms with Gasteiger partial charge in [0.1, 0.15) is 0 Å². The lowest BCUT2D eigenvalue weighted by Crippen LogP contribution is -2.61. The van der Waals surface area contributed by atoms with Gasteiger partial charge in [-0.05, 0) is 103 Å². The summed E-state index contributed by atoms with van der Waals surface area (Å²) in [6.07, 6.45) is 15.4. The van der Waals surface area contributed by atoms with E-state index in [-0.39, 0.29) is 11.3 Å². The fraction of sp³-hybridized carbons (Fsp3) is 0.692.